The number of aromatic nitrogens is 3. The fourth-order valence-corrected chi connectivity index (χ4v) is 3.82. The van der Waals surface area contributed by atoms with Crippen LogP contribution in [-0.2, 0) is 6.42 Å². The lowest BCUT2D eigenvalue weighted by Crippen LogP contribution is -2.47. The van der Waals surface area contributed by atoms with Crippen LogP contribution in [0.3, 0.4) is 0 Å². The molecule has 3 N–H and O–H groups in total. The first-order valence-corrected chi connectivity index (χ1v) is 10.9. The van der Waals surface area contributed by atoms with E-state index in [9.17, 15) is 10.0 Å². The molecule has 1 aliphatic heterocycles. The van der Waals surface area contributed by atoms with E-state index in [0.29, 0.717) is 60.3 Å². The van der Waals surface area contributed by atoms with Gasteiger partial charge >= 0.3 is 0 Å². The first-order chi connectivity index (χ1) is 16.0. The minimum atomic E-state index is -0.160. The van der Waals surface area contributed by atoms with Gasteiger partial charge < -0.3 is 15.8 Å². The third-order valence-corrected chi connectivity index (χ3v) is 5.71. The number of piperazine rings is 1. The summed E-state index contributed by atoms with van der Waals surface area (Å²) in [6.07, 6.45) is 3.80. The zero-order valence-electron chi connectivity index (χ0n) is 18.1. The van der Waals surface area contributed by atoms with Crippen molar-refractivity contribution in [2.75, 3.05) is 31.9 Å². The maximum atomic E-state index is 12.9. The maximum absolute atomic E-state index is 12.9. The van der Waals surface area contributed by atoms with E-state index < -0.39 is 0 Å². The molecule has 1 saturated heterocycles. The minimum Gasteiger partial charge on any atom is -0.384 e. The molecule has 0 unspecified atom stereocenters. The summed E-state index contributed by atoms with van der Waals surface area (Å²) >= 11 is 6.53. The van der Waals surface area contributed by atoms with Crippen LogP contribution < -0.4 is 5.73 Å². The van der Waals surface area contributed by atoms with Gasteiger partial charge in [-0.25, -0.2) is 15.0 Å². The van der Waals surface area contributed by atoms with Crippen molar-refractivity contribution in [2.24, 2.45) is 0 Å². The van der Waals surface area contributed by atoms with Crippen molar-refractivity contribution in [2.45, 2.75) is 13.3 Å². The Morgan fingerprint density at radius 2 is 1.91 bits per heavy atom. The summed E-state index contributed by atoms with van der Waals surface area (Å²) in [6.45, 7) is 3.71. The summed E-state index contributed by atoms with van der Waals surface area (Å²) in [5.74, 6) is 6.55. The predicted octanol–water partition coefficient (Wildman–Crippen LogP) is 2.88. The van der Waals surface area contributed by atoms with Crippen LogP contribution in [0.25, 0.3) is 11.3 Å². The van der Waals surface area contributed by atoms with E-state index in [0.717, 1.165) is 16.8 Å². The number of carbonyl (C=O) groups is 1. The number of carbonyl (C=O) groups excluding carboxylic acids is 1. The third-order valence-electron chi connectivity index (χ3n) is 5.40. The van der Waals surface area contributed by atoms with E-state index >= 15 is 0 Å². The Morgan fingerprint density at radius 3 is 2.58 bits per heavy atom. The molecule has 1 amide bonds. The number of anilines is 1. The van der Waals surface area contributed by atoms with Crippen molar-refractivity contribution < 1.29 is 10.0 Å². The SMILES string of the molecule is CCc1ncnc(-c2ccc(C(=O)N3CCN(O)CC3)c(Cl)c2)c1C#Cc1ccc(N)nc1. The predicted molar refractivity (Wildman–Crippen MR) is 126 cm³/mol. The lowest BCUT2D eigenvalue weighted by molar-refractivity contribution is -0.112. The van der Waals surface area contributed by atoms with Crippen LogP contribution in [0.15, 0.2) is 42.9 Å². The molecule has 0 bridgehead atoms. The molecule has 1 aromatic carbocycles. The van der Waals surface area contributed by atoms with E-state index in [1.807, 2.05) is 13.0 Å². The van der Waals surface area contributed by atoms with Gasteiger partial charge in [0.1, 0.15) is 12.1 Å². The molecule has 168 valence electrons. The van der Waals surface area contributed by atoms with Gasteiger partial charge in [0.05, 0.1) is 27.5 Å². The Kier molecular flexibility index (Phi) is 6.84. The molecule has 1 aliphatic rings. The zero-order chi connectivity index (χ0) is 23.4. The summed E-state index contributed by atoms with van der Waals surface area (Å²) in [5.41, 5.74) is 9.69. The van der Waals surface area contributed by atoms with Gasteiger partial charge in [-0.05, 0) is 30.7 Å². The topological polar surface area (TPSA) is 108 Å². The second-order valence-electron chi connectivity index (χ2n) is 7.56. The number of nitrogen functional groups attached to an aromatic ring is 1. The number of hydroxylamine groups is 2. The van der Waals surface area contributed by atoms with Crippen LogP contribution in [0.2, 0.25) is 5.02 Å². The van der Waals surface area contributed by atoms with Gasteiger partial charge in [0.25, 0.3) is 5.91 Å². The minimum absolute atomic E-state index is 0.160. The number of benzene rings is 1. The Morgan fingerprint density at radius 1 is 1.12 bits per heavy atom. The van der Waals surface area contributed by atoms with Gasteiger partial charge in [-0.3, -0.25) is 4.79 Å². The highest BCUT2D eigenvalue weighted by Crippen LogP contribution is 2.28. The monoisotopic (exact) mass is 462 g/mol. The fourth-order valence-electron chi connectivity index (χ4n) is 3.56. The first-order valence-electron chi connectivity index (χ1n) is 10.6. The fraction of sp³-hybridized carbons (Fsp3) is 0.250. The van der Waals surface area contributed by atoms with Crippen molar-refractivity contribution in [1.82, 2.24) is 24.9 Å². The first kappa shape index (κ1) is 22.7. The number of nitrogens with zero attached hydrogens (tertiary/aromatic N) is 5. The van der Waals surface area contributed by atoms with Crippen LogP contribution >= 0.6 is 11.6 Å². The molecule has 1 fully saturated rings. The molecule has 3 aromatic rings. The lowest BCUT2D eigenvalue weighted by Gasteiger charge is -2.31. The quantitative estimate of drug-likeness (QED) is 0.576. The molecule has 0 atom stereocenters. The highest BCUT2D eigenvalue weighted by atomic mass is 35.5. The van der Waals surface area contributed by atoms with Crippen LogP contribution in [0, 0.1) is 11.8 Å². The molecule has 2 aromatic heterocycles. The number of hydrogen-bond donors (Lipinski definition) is 2. The van der Waals surface area contributed by atoms with Crippen LogP contribution in [0.5, 0.6) is 0 Å². The summed E-state index contributed by atoms with van der Waals surface area (Å²) in [6, 6.07) is 8.76. The van der Waals surface area contributed by atoms with E-state index in [4.69, 9.17) is 17.3 Å². The van der Waals surface area contributed by atoms with Crippen molar-refractivity contribution in [1.29, 1.82) is 0 Å². The van der Waals surface area contributed by atoms with Crippen LogP contribution in [0.1, 0.15) is 34.1 Å². The summed E-state index contributed by atoms with van der Waals surface area (Å²) in [7, 11) is 0. The molecular formula is C24H23ClN6O2. The van der Waals surface area contributed by atoms with Crippen molar-refractivity contribution >= 4 is 23.3 Å². The Hall–Kier alpha value is -3.51. The summed E-state index contributed by atoms with van der Waals surface area (Å²) in [4.78, 5) is 27.5. The van der Waals surface area contributed by atoms with Gasteiger partial charge in [-0.2, -0.15) is 5.06 Å². The smallest absolute Gasteiger partial charge is 0.255 e. The Labute approximate surface area is 197 Å². The molecule has 4 rings (SSSR count). The molecule has 3 heterocycles. The number of aryl methyl sites for hydroxylation is 1. The number of hydrogen-bond acceptors (Lipinski definition) is 7. The number of nitrogens with two attached hydrogens (primary N) is 1. The Balaban J connectivity index is 1.67. The highest BCUT2D eigenvalue weighted by Gasteiger charge is 2.23. The lowest BCUT2D eigenvalue weighted by atomic mass is 10.0. The summed E-state index contributed by atoms with van der Waals surface area (Å²) in [5, 5.41) is 11.1. The van der Waals surface area contributed by atoms with Gasteiger partial charge in [0, 0.05) is 43.5 Å². The largest absolute Gasteiger partial charge is 0.384 e. The zero-order valence-corrected chi connectivity index (χ0v) is 18.9. The second kappa shape index (κ2) is 9.96. The normalized spacial score (nSPS) is 14.0. The van der Waals surface area contributed by atoms with Gasteiger partial charge in [-0.1, -0.05) is 36.4 Å². The summed E-state index contributed by atoms with van der Waals surface area (Å²) < 4.78 is 0. The van der Waals surface area contributed by atoms with E-state index in [-0.39, 0.29) is 5.91 Å². The molecule has 0 aliphatic carbocycles. The second-order valence-corrected chi connectivity index (χ2v) is 7.97. The van der Waals surface area contributed by atoms with E-state index in [2.05, 4.69) is 26.8 Å². The van der Waals surface area contributed by atoms with Crippen LogP contribution in [0.4, 0.5) is 5.82 Å². The van der Waals surface area contributed by atoms with Crippen LogP contribution in [-0.4, -0.2) is 62.2 Å². The molecule has 9 heteroatoms. The molecule has 0 saturated carbocycles. The average Bonchev–Trinajstić information content (AvgIpc) is 2.83. The van der Waals surface area contributed by atoms with Crippen molar-refractivity contribution in [3.63, 3.8) is 0 Å². The Bertz CT molecular complexity index is 1230. The molecular weight excluding hydrogens is 440 g/mol. The molecule has 0 radical (unpaired) electrons. The van der Waals surface area contributed by atoms with Gasteiger partial charge in [-0.15, -0.1) is 0 Å². The average molecular weight is 463 g/mol. The molecule has 0 spiro atoms. The maximum Gasteiger partial charge on any atom is 0.255 e. The molecule has 33 heavy (non-hydrogen) atoms. The highest BCUT2D eigenvalue weighted by molar-refractivity contribution is 6.34. The standard InChI is InChI=1S/C24H23ClN6O2/c1-2-21-19(6-3-16-4-8-22(26)27-14-16)23(29-15-28-21)17-5-7-18(20(25)13-17)24(32)30-9-11-31(33)12-10-30/h4-5,7-8,13-15,33H,2,9-12H2,1H3,(H2,26,27). The van der Waals surface area contributed by atoms with E-state index in [1.54, 1.807) is 35.4 Å². The molecule has 8 nitrogen and oxygen atoms in total. The number of rotatable bonds is 3. The van der Waals surface area contributed by atoms with Gasteiger partial charge in [0.2, 0.25) is 0 Å². The van der Waals surface area contributed by atoms with Crippen molar-refractivity contribution in [3.05, 3.63) is 70.3 Å². The van der Waals surface area contributed by atoms with Crippen molar-refractivity contribution in [3.8, 4) is 23.1 Å². The van der Waals surface area contributed by atoms with E-state index in [1.165, 1.54) is 11.4 Å². The third kappa shape index (κ3) is 5.12. The number of pyridine rings is 1. The number of amides is 1. The number of halogens is 1. The van der Waals surface area contributed by atoms with Gasteiger partial charge in [0.15, 0.2) is 0 Å².